The molecule has 3 rings (SSSR count). The number of amides is 2. The summed E-state index contributed by atoms with van der Waals surface area (Å²) < 4.78 is 6.36. The van der Waals surface area contributed by atoms with E-state index in [4.69, 9.17) is 4.74 Å². The van der Waals surface area contributed by atoms with Gasteiger partial charge in [-0.25, -0.2) is 0 Å². The fraction of sp³-hybridized carbons (Fsp3) is 0.652. The Hall–Kier alpha value is -1.88. The summed E-state index contributed by atoms with van der Waals surface area (Å²) in [4.78, 5) is 27.0. The van der Waals surface area contributed by atoms with E-state index in [0.717, 1.165) is 18.4 Å². The predicted octanol–water partition coefficient (Wildman–Crippen LogP) is 3.84. The van der Waals surface area contributed by atoms with Gasteiger partial charge in [-0.05, 0) is 23.8 Å². The number of morpholine rings is 1. The molecule has 1 heterocycles. The fourth-order valence-electron chi connectivity index (χ4n) is 4.04. The van der Waals surface area contributed by atoms with E-state index in [9.17, 15) is 9.59 Å². The number of nitrogens with zero attached hydrogens (tertiary/aromatic N) is 1. The van der Waals surface area contributed by atoms with Crippen molar-refractivity contribution in [1.82, 2.24) is 10.2 Å². The van der Waals surface area contributed by atoms with E-state index in [1.165, 1.54) is 12.8 Å². The van der Waals surface area contributed by atoms with E-state index >= 15 is 0 Å². The molecule has 0 bridgehead atoms. The number of carbonyl (C=O) groups excluding carboxylic acids is 2. The Morgan fingerprint density at radius 2 is 1.75 bits per heavy atom. The molecular formula is C23H34N2O3. The molecule has 1 aliphatic heterocycles. The molecule has 0 aromatic heterocycles. The van der Waals surface area contributed by atoms with Gasteiger partial charge in [-0.3, -0.25) is 9.59 Å². The number of ether oxygens (including phenoxy) is 1. The quantitative estimate of drug-likeness (QED) is 0.836. The van der Waals surface area contributed by atoms with Gasteiger partial charge < -0.3 is 15.0 Å². The van der Waals surface area contributed by atoms with E-state index in [2.05, 4.69) is 26.1 Å². The van der Waals surface area contributed by atoms with Crippen LogP contribution < -0.4 is 5.32 Å². The summed E-state index contributed by atoms with van der Waals surface area (Å²) >= 11 is 0. The SMILES string of the molecule is CC(C)(C)[C@H]1CN(C(=O)CCC(=O)NC2CCCC2)C[C@@H](c2ccccc2)O1. The number of rotatable bonds is 5. The Balaban J connectivity index is 1.60. The summed E-state index contributed by atoms with van der Waals surface area (Å²) in [6, 6.07) is 10.4. The van der Waals surface area contributed by atoms with Crippen LogP contribution in [0.25, 0.3) is 0 Å². The van der Waals surface area contributed by atoms with Crippen LogP contribution in [0, 0.1) is 5.41 Å². The number of nitrogens with one attached hydrogen (secondary N) is 1. The average molecular weight is 387 g/mol. The Labute approximate surface area is 168 Å². The second-order valence-electron chi connectivity index (χ2n) is 9.24. The van der Waals surface area contributed by atoms with Crippen molar-refractivity contribution in [2.45, 2.75) is 77.5 Å². The molecule has 2 amide bonds. The van der Waals surface area contributed by atoms with Crippen molar-refractivity contribution in [1.29, 1.82) is 0 Å². The third kappa shape index (κ3) is 5.57. The molecule has 1 aromatic rings. The Bertz CT molecular complexity index is 662. The molecule has 1 N–H and O–H groups in total. The van der Waals surface area contributed by atoms with Crippen molar-refractivity contribution < 1.29 is 14.3 Å². The summed E-state index contributed by atoms with van der Waals surface area (Å²) in [5.74, 6) is 0.0422. The van der Waals surface area contributed by atoms with Gasteiger partial charge in [-0.1, -0.05) is 63.9 Å². The number of hydrogen-bond acceptors (Lipinski definition) is 3. The van der Waals surface area contributed by atoms with Crippen LogP contribution in [0.15, 0.2) is 30.3 Å². The van der Waals surface area contributed by atoms with E-state index < -0.39 is 0 Å². The van der Waals surface area contributed by atoms with Crippen LogP contribution in [0.2, 0.25) is 0 Å². The normalized spacial score (nSPS) is 23.6. The molecule has 2 atom stereocenters. The zero-order valence-corrected chi connectivity index (χ0v) is 17.4. The first-order valence-corrected chi connectivity index (χ1v) is 10.6. The van der Waals surface area contributed by atoms with E-state index in [1.54, 1.807) is 0 Å². The zero-order valence-electron chi connectivity index (χ0n) is 17.4. The zero-order chi connectivity index (χ0) is 20.1. The molecule has 2 fully saturated rings. The third-order valence-electron chi connectivity index (χ3n) is 5.88. The van der Waals surface area contributed by atoms with Gasteiger partial charge in [0.15, 0.2) is 0 Å². The van der Waals surface area contributed by atoms with Gasteiger partial charge in [-0.15, -0.1) is 0 Å². The first kappa shape index (κ1) is 20.8. The second-order valence-corrected chi connectivity index (χ2v) is 9.24. The molecule has 0 spiro atoms. The minimum absolute atomic E-state index is 0.000454. The smallest absolute Gasteiger partial charge is 0.223 e. The maximum absolute atomic E-state index is 12.9. The summed E-state index contributed by atoms with van der Waals surface area (Å²) in [5.41, 5.74) is 1.03. The molecule has 5 nitrogen and oxygen atoms in total. The van der Waals surface area contributed by atoms with Gasteiger partial charge in [0, 0.05) is 25.4 Å². The lowest BCUT2D eigenvalue weighted by Gasteiger charge is -2.43. The van der Waals surface area contributed by atoms with Crippen molar-refractivity contribution in [3.8, 4) is 0 Å². The molecule has 1 aromatic carbocycles. The lowest BCUT2D eigenvalue weighted by molar-refractivity contribution is -0.157. The van der Waals surface area contributed by atoms with Crippen molar-refractivity contribution in [3.63, 3.8) is 0 Å². The van der Waals surface area contributed by atoms with Crippen LogP contribution >= 0.6 is 0 Å². The topological polar surface area (TPSA) is 58.6 Å². The Morgan fingerprint density at radius 1 is 1.07 bits per heavy atom. The molecule has 1 aliphatic carbocycles. The minimum Gasteiger partial charge on any atom is -0.366 e. The van der Waals surface area contributed by atoms with Crippen LogP contribution in [-0.4, -0.2) is 41.9 Å². The first-order valence-electron chi connectivity index (χ1n) is 10.6. The maximum Gasteiger partial charge on any atom is 0.223 e. The maximum atomic E-state index is 12.9. The fourth-order valence-corrected chi connectivity index (χ4v) is 4.04. The summed E-state index contributed by atoms with van der Waals surface area (Å²) in [5, 5.41) is 3.07. The highest BCUT2D eigenvalue weighted by atomic mass is 16.5. The lowest BCUT2D eigenvalue weighted by atomic mass is 9.87. The van der Waals surface area contributed by atoms with E-state index in [0.29, 0.717) is 19.1 Å². The summed E-state index contributed by atoms with van der Waals surface area (Å²) in [6.07, 6.45) is 4.86. The Kier molecular flexibility index (Phi) is 6.76. The van der Waals surface area contributed by atoms with Gasteiger partial charge in [0.05, 0.1) is 12.6 Å². The molecular weight excluding hydrogens is 352 g/mol. The summed E-state index contributed by atoms with van der Waals surface area (Å²) in [6.45, 7) is 7.55. The molecule has 28 heavy (non-hydrogen) atoms. The predicted molar refractivity (Wildman–Crippen MR) is 110 cm³/mol. The molecule has 1 saturated heterocycles. The molecule has 2 aliphatic rings. The molecule has 154 valence electrons. The highest BCUT2D eigenvalue weighted by Gasteiger charge is 2.37. The van der Waals surface area contributed by atoms with Gasteiger partial charge in [0.2, 0.25) is 11.8 Å². The van der Waals surface area contributed by atoms with Crippen LogP contribution in [0.3, 0.4) is 0 Å². The highest BCUT2D eigenvalue weighted by molar-refractivity contribution is 5.84. The van der Waals surface area contributed by atoms with Gasteiger partial charge in [0.1, 0.15) is 6.10 Å². The van der Waals surface area contributed by atoms with Crippen LogP contribution in [0.1, 0.15) is 71.0 Å². The average Bonchev–Trinajstić information content (AvgIpc) is 3.18. The minimum atomic E-state index is -0.129. The van der Waals surface area contributed by atoms with Crippen LogP contribution in [0.4, 0.5) is 0 Å². The lowest BCUT2D eigenvalue weighted by Crippen LogP contribution is -2.51. The molecule has 5 heteroatoms. The van der Waals surface area contributed by atoms with Gasteiger partial charge >= 0.3 is 0 Å². The number of carbonyl (C=O) groups is 2. The van der Waals surface area contributed by atoms with Crippen LogP contribution in [-0.2, 0) is 14.3 Å². The van der Waals surface area contributed by atoms with Gasteiger partial charge in [0.25, 0.3) is 0 Å². The molecule has 1 saturated carbocycles. The van der Waals surface area contributed by atoms with E-state index in [-0.39, 0.29) is 42.3 Å². The second kappa shape index (κ2) is 9.08. The van der Waals surface area contributed by atoms with E-state index in [1.807, 2.05) is 35.2 Å². The number of benzene rings is 1. The van der Waals surface area contributed by atoms with Crippen LogP contribution in [0.5, 0.6) is 0 Å². The van der Waals surface area contributed by atoms with Crippen molar-refractivity contribution in [2.75, 3.05) is 13.1 Å². The third-order valence-corrected chi connectivity index (χ3v) is 5.88. The first-order chi connectivity index (χ1) is 13.3. The standard InChI is InChI=1S/C23H34N2O3/c1-23(2,3)20-16-25(15-19(28-20)17-9-5-4-6-10-17)22(27)14-13-21(26)24-18-11-7-8-12-18/h4-6,9-10,18-20H,7-8,11-16H2,1-3H3,(H,24,26)/t19-,20+/m0/s1. The number of hydrogen-bond donors (Lipinski definition) is 1. The molecule has 0 radical (unpaired) electrons. The van der Waals surface area contributed by atoms with Gasteiger partial charge in [-0.2, -0.15) is 0 Å². The molecule has 0 unspecified atom stereocenters. The monoisotopic (exact) mass is 386 g/mol. The largest absolute Gasteiger partial charge is 0.366 e. The highest BCUT2D eigenvalue weighted by Crippen LogP contribution is 2.33. The van der Waals surface area contributed by atoms with Crippen molar-refractivity contribution >= 4 is 11.8 Å². The summed E-state index contributed by atoms with van der Waals surface area (Å²) in [7, 11) is 0. The van der Waals surface area contributed by atoms with Crippen molar-refractivity contribution in [3.05, 3.63) is 35.9 Å². The Morgan fingerprint density at radius 3 is 2.39 bits per heavy atom. The van der Waals surface area contributed by atoms with Crippen molar-refractivity contribution in [2.24, 2.45) is 5.41 Å².